The molecular formula is C14H16BrClF3N. The summed E-state index contributed by atoms with van der Waals surface area (Å²) in [6, 6.07) is 3.75. The molecule has 6 heteroatoms. The van der Waals surface area contributed by atoms with Crippen LogP contribution in [0.4, 0.5) is 18.9 Å². The molecule has 20 heavy (non-hydrogen) atoms. The van der Waals surface area contributed by atoms with Crippen LogP contribution in [0.3, 0.4) is 0 Å². The van der Waals surface area contributed by atoms with E-state index in [0.717, 1.165) is 44.2 Å². The maximum Gasteiger partial charge on any atom is 0.416 e. The SMILES string of the molecule is FC(F)(F)c1ccc(NC2CCCCCC2Cl)c(Br)c1. The molecule has 2 rings (SSSR count). The van der Waals surface area contributed by atoms with Crippen LogP contribution >= 0.6 is 27.5 Å². The minimum Gasteiger partial charge on any atom is -0.380 e. The first-order chi connectivity index (χ1) is 9.38. The third-order valence-corrected chi connectivity index (χ3v) is 4.75. The predicted molar refractivity (Wildman–Crippen MR) is 79.3 cm³/mol. The van der Waals surface area contributed by atoms with Crippen molar-refractivity contribution in [2.24, 2.45) is 0 Å². The zero-order chi connectivity index (χ0) is 14.8. The second-order valence-electron chi connectivity index (χ2n) is 5.10. The number of hydrogen-bond acceptors (Lipinski definition) is 1. The van der Waals surface area contributed by atoms with E-state index in [1.165, 1.54) is 6.07 Å². The van der Waals surface area contributed by atoms with Gasteiger partial charge in [0.15, 0.2) is 0 Å². The van der Waals surface area contributed by atoms with Gasteiger partial charge in [-0.3, -0.25) is 0 Å². The van der Waals surface area contributed by atoms with Crippen LogP contribution in [0.5, 0.6) is 0 Å². The fourth-order valence-electron chi connectivity index (χ4n) is 2.43. The summed E-state index contributed by atoms with van der Waals surface area (Å²) >= 11 is 9.54. The second kappa shape index (κ2) is 6.56. The zero-order valence-electron chi connectivity index (χ0n) is 10.8. The van der Waals surface area contributed by atoms with Crippen molar-refractivity contribution >= 4 is 33.2 Å². The quantitative estimate of drug-likeness (QED) is 0.511. The molecule has 0 heterocycles. The molecular weight excluding hydrogens is 355 g/mol. The van der Waals surface area contributed by atoms with E-state index in [9.17, 15) is 13.2 Å². The van der Waals surface area contributed by atoms with Crippen molar-refractivity contribution in [3.8, 4) is 0 Å². The Kier molecular flexibility index (Phi) is 5.24. The average molecular weight is 371 g/mol. The highest BCUT2D eigenvalue weighted by Crippen LogP contribution is 2.35. The lowest BCUT2D eigenvalue weighted by Gasteiger charge is -2.23. The molecule has 2 atom stereocenters. The molecule has 0 saturated heterocycles. The van der Waals surface area contributed by atoms with Gasteiger partial charge in [-0.25, -0.2) is 0 Å². The van der Waals surface area contributed by atoms with Gasteiger partial charge < -0.3 is 5.32 Å². The number of halogens is 5. The lowest BCUT2D eigenvalue weighted by Crippen LogP contribution is -2.28. The third kappa shape index (κ3) is 4.04. The Morgan fingerprint density at radius 3 is 2.50 bits per heavy atom. The van der Waals surface area contributed by atoms with Gasteiger partial charge in [-0.05, 0) is 47.0 Å². The van der Waals surface area contributed by atoms with E-state index in [0.29, 0.717) is 10.2 Å². The normalized spacial score (nSPS) is 24.2. The summed E-state index contributed by atoms with van der Waals surface area (Å²) in [5, 5.41) is 3.29. The van der Waals surface area contributed by atoms with Gasteiger partial charge in [0.25, 0.3) is 0 Å². The highest BCUT2D eigenvalue weighted by Gasteiger charge is 2.31. The first-order valence-corrected chi connectivity index (χ1v) is 7.88. The molecule has 1 N–H and O–H groups in total. The Morgan fingerprint density at radius 2 is 1.85 bits per heavy atom. The van der Waals surface area contributed by atoms with Gasteiger partial charge in [0.05, 0.1) is 10.9 Å². The van der Waals surface area contributed by atoms with Gasteiger partial charge in [-0.15, -0.1) is 11.6 Å². The number of benzene rings is 1. The molecule has 1 fully saturated rings. The van der Waals surface area contributed by atoms with E-state index in [1.54, 1.807) is 0 Å². The van der Waals surface area contributed by atoms with Gasteiger partial charge in [0.2, 0.25) is 0 Å². The summed E-state index contributed by atoms with van der Waals surface area (Å²) in [5.74, 6) is 0. The molecule has 0 bridgehead atoms. The van der Waals surface area contributed by atoms with E-state index >= 15 is 0 Å². The smallest absolute Gasteiger partial charge is 0.380 e. The molecule has 0 spiro atoms. The number of alkyl halides is 4. The largest absolute Gasteiger partial charge is 0.416 e. The van der Waals surface area contributed by atoms with Crippen molar-refractivity contribution in [3.63, 3.8) is 0 Å². The van der Waals surface area contributed by atoms with Crippen LogP contribution in [0.15, 0.2) is 22.7 Å². The van der Waals surface area contributed by atoms with Gasteiger partial charge >= 0.3 is 6.18 Å². The van der Waals surface area contributed by atoms with Crippen LogP contribution in [-0.2, 0) is 6.18 Å². The molecule has 112 valence electrons. The molecule has 1 aliphatic rings. The zero-order valence-corrected chi connectivity index (χ0v) is 13.2. The highest BCUT2D eigenvalue weighted by atomic mass is 79.9. The molecule has 1 aromatic carbocycles. The van der Waals surface area contributed by atoms with Crippen molar-refractivity contribution in [2.45, 2.75) is 49.7 Å². The highest BCUT2D eigenvalue weighted by molar-refractivity contribution is 9.10. The summed E-state index contributed by atoms with van der Waals surface area (Å²) < 4.78 is 38.3. The number of nitrogens with one attached hydrogen (secondary N) is 1. The topological polar surface area (TPSA) is 12.0 Å². The van der Waals surface area contributed by atoms with Crippen LogP contribution in [0, 0.1) is 0 Å². The van der Waals surface area contributed by atoms with E-state index in [1.807, 2.05) is 0 Å². The fraction of sp³-hybridized carbons (Fsp3) is 0.571. The Morgan fingerprint density at radius 1 is 1.15 bits per heavy atom. The Balaban J connectivity index is 2.13. The average Bonchev–Trinajstić information content (AvgIpc) is 2.56. The summed E-state index contributed by atoms with van der Waals surface area (Å²) in [7, 11) is 0. The van der Waals surface area contributed by atoms with Crippen LogP contribution < -0.4 is 5.32 Å². The van der Waals surface area contributed by atoms with Crippen LogP contribution in [0.2, 0.25) is 0 Å². The fourth-order valence-corrected chi connectivity index (χ4v) is 3.27. The maximum absolute atomic E-state index is 12.6. The lowest BCUT2D eigenvalue weighted by atomic mass is 10.1. The minimum absolute atomic E-state index is 0.0201. The Hall–Kier alpha value is -0.420. The summed E-state index contributed by atoms with van der Waals surface area (Å²) in [6.45, 7) is 0. The van der Waals surface area contributed by atoms with E-state index < -0.39 is 11.7 Å². The van der Waals surface area contributed by atoms with Crippen molar-refractivity contribution in [3.05, 3.63) is 28.2 Å². The molecule has 0 amide bonds. The van der Waals surface area contributed by atoms with E-state index in [-0.39, 0.29) is 11.4 Å². The number of rotatable bonds is 2. The van der Waals surface area contributed by atoms with Crippen molar-refractivity contribution in [1.29, 1.82) is 0 Å². The number of anilines is 1. The first-order valence-electron chi connectivity index (χ1n) is 6.65. The van der Waals surface area contributed by atoms with Crippen molar-refractivity contribution < 1.29 is 13.2 Å². The summed E-state index contributed by atoms with van der Waals surface area (Å²) in [5.41, 5.74) is 0.00812. The molecule has 1 nitrogen and oxygen atoms in total. The molecule has 1 aromatic rings. The molecule has 0 aromatic heterocycles. The first kappa shape index (κ1) is 16.0. The van der Waals surface area contributed by atoms with Gasteiger partial charge in [-0.1, -0.05) is 19.3 Å². The van der Waals surface area contributed by atoms with Gasteiger partial charge in [-0.2, -0.15) is 13.2 Å². The summed E-state index contributed by atoms with van der Waals surface area (Å²) in [6.07, 6.45) is 0.937. The molecule has 2 unspecified atom stereocenters. The third-order valence-electron chi connectivity index (χ3n) is 3.57. The van der Waals surface area contributed by atoms with E-state index in [4.69, 9.17) is 11.6 Å². The maximum atomic E-state index is 12.6. The predicted octanol–water partition coefficient (Wildman–Crippen LogP) is 5.82. The standard InChI is InChI=1S/C14H16BrClF3N/c15-10-8-9(14(17,18)19)6-7-12(10)20-13-5-3-1-2-4-11(13)16/h6-8,11,13,20H,1-5H2. The monoisotopic (exact) mass is 369 g/mol. The molecule has 1 aliphatic carbocycles. The number of hydrogen-bond donors (Lipinski definition) is 1. The van der Waals surface area contributed by atoms with Crippen LogP contribution in [-0.4, -0.2) is 11.4 Å². The van der Waals surface area contributed by atoms with E-state index in [2.05, 4.69) is 21.2 Å². The van der Waals surface area contributed by atoms with Gasteiger partial charge in [0, 0.05) is 16.2 Å². The second-order valence-corrected chi connectivity index (χ2v) is 6.51. The molecule has 0 radical (unpaired) electrons. The van der Waals surface area contributed by atoms with Crippen LogP contribution in [0.1, 0.15) is 37.7 Å². The molecule has 0 aliphatic heterocycles. The van der Waals surface area contributed by atoms with Crippen molar-refractivity contribution in [2.75, 3.05) is 5.32 Å². The van der Waals surface area contributed by atoms with Gasteiger partial charge in [0.1, 0.15) is 0 Å². The minimum atomic E-state index is -4.32. The Labute approximate surface area is 130 Å². The Bertz CT molecular complexity index is 464. The summed E-state index contributed by atoms with van der Waals surface area (Å²) in [4.78, 5) is 0. The molecule has 1 saturated carbocycles. The lowest BCUT2D eigenvalue weighted by molar-refractivity contribution is -0.137. The van der Waals surface area contributed by atoms with Crippen molar-refractivity contribution in [1.82, 2.24) is 0 Å². The van der Waals surface area contributed by atoms with Crippen LogP contribution in [0.25, 0.3) is 0 Å².